The third-order valence-corrected chi connectivity index (χ3v) is 6.67. The molecule has 2 heterocycles. The predicted octanol–water partition coefficient (Wildman–Crippen LogP) is 2.51. The van der Waals surface area contributed by atoms with E-state index in [0.29, 0.717) is 17.4 Å². The Morgan fingerprint density at radius 1 is 1.00 bits per heavy atom. The number of alkyl halides is 3. The van der Waals surface area contributed by atoms with Crippen molar-refractivity contribution < 1.29 is 27.2 Å². The van der Waals surface area contributed by atoms with Crippen LogP contribution in [0.3, 0.4) is 0 Å². The predicted molar refractivity (Wildman–Crippen MR) is 137 cm³/mol. The first-order valence-corrected chi connectivity index (χ1v) is 12.2. The van der Waals surface area contributed by atoms with E-state index in [0.717, 1.165) is 35.5 Å². The number of nitrogens with two attached hydrogens (primary N) is 2. The minimum absolute atomic E-state index is 0.00339. The van der Waals surface area contributed by atoms with Crippen molar-refractivity contribution in [3.05, 3.63) is 94.3 Å². The van der Waals surface area contributed by atoms with Crippen molar-refractivity contribution in [1.82, 2.24) is 31.5 Å². The highest BCUT2D eigenvalue weighted by atomic mass is 19.4. The van der Waals surface area contributed by atoms with E-state index < -0.39 is 29.9 Å². The van der Waals surface area contributed by atoms with Crippen LogP contribution in [0, 0.1) is 0 Å². The molecule has 8 N–H and O–H groups in total. The Morgan fingerprint density at radius 2 is 1.75 bits per heavy atom. The normalized spacial score (nSPS) is 14.9. The average molecular weight is 555 g/mol. The van der Waals surface area contributed by atoms with E-state index in [1.807, 2.05) is 18.2 Å². The lowest BCUT2D eigenvalue weighted by Crippen LogP contribution is -2.42. The van der Waals surface area contributed by atoms with Crippen LogP contribution in [0.2, 0.25) is 0 Å². The molecule has 1 atom stereocenters. The summed E-state index contributed by atoms with van der Waals surface area (Å²) in [6.07, 6.45) is -2.46. The van der Waals surface area contributed by atoms with Gasteiger partial charge in [-0.3, -0.25) is 21.3 Å². The molecule has 0 fully saturated rings. The quantitative estimate of drug-likeness (QED) is 0.109. The zero-order valence-electron chi connectivity index (χ0n) is 20.9. The number of nitrogens with one attached hydrogen (secondary N) is 4. The molecule has 0 aliphatic heterocycles. The van der Waals surface area contributed by atoms with Crippen LogP contribution in [-0.2, 0) is 19.1 Å². The van der Waals surface area contributed by atoms with Crippen LogP contribution in [0.25, 0.3) is 11.0 Å². The first kappa shape index (κ1) is 27.2. The summed E-state index contributed by atoms with van der Waals surface area (Å²) in [5.41, 5.74) is 8.59. The monoisotopic (exact) mass is 554 g/mol. The van der Waals surface area contributed by atoms with Crippen molar-refractivity contribution in [2.24, 2.45) is 11.7 Å². The highest BCUT2D eigenvalue weighted by Gasteiger charge is 2.35. The number of aromatic nitrogens is 2. The van der Waals surface area contributed by atoms with Gasteiger partial charge in [0.05, 0.1) is 6.04 Å². The van der Waals surface area contributed by atoms with E-state index in [9.17, 15) is 22.8 Å². The van der Waals surface area contributed by atoms with Crippen LogP contribution in [0.4, 0.5) is 13.2 Å². The number of carbonyl (C=O) groups excluding carboxylic acids is 2. The molecular weight excluding hydrogens is 529 g/mol. The third kappa shape index (κ3) is 5.65. The molecule has 1 unspecified atom stereocenters. The first-order chi connectivity index (χ1) is 19.2. The second kappa shape index (κ2) is 11.0. The van der Waals surface area contributed by atoms with Crippen molar-refractivity contribution >= 4 is 22.8 Å². The zero-order valence-corrected chi connectivity index (χ0v) is 20.9. The van der Waals surface area contributed by atoms with Crippen molar-refractivity contribution in [1.29, 1.82) is 0 Å². The van der Waals surface area contributed by atoms with Crippen molar-refractivity contribution in [2.45, 2.75) is 37.8 Å². The summed E-state index contributed by atoms with van der Waals surface area (Å²) in [5, 5.41) is 5.88. The van der Waals surface area contributed by atoms with Gasteiger partial charge in [0.1, 0.15) is 29.5 Å². The molecule has 14 heteroatoms. The van der Waals surface area contributed by atoms with Gasteiger partial charge in [-0.05, 0) is 47.2 Å². The maximum atomic E-state index is 13.0. The lowest BCUT2D eigenvalue weighted by Gasteiger charge is -2.17. The van der Waals surface area contributed by atoms with Gasteiger partial charge in [-0.15, -0.1) is 0 Å². The fourth-order valence-electron chi connectivity index (χ4n) is 4.64. The molecule has 0 bridgehead atoms. The Hall–Kier alpha value is -4.37. The van der Waals surface area contributed by atoms with Crippen LogP contribution < -0.4 is 33.2 Å². The summed E-state index contributed by atoms with van der Waals surface area (Å²) >= 11 is 0. The van der Waals surface area contributed by atoms with Crippen LogP contribution >= 0.6 is 0 Å². The van der Waals surface area contributed by atoms with Gasteiger partial charge in [0.25, 0.3) is 11.8 Å². The molecule has 0 saturated heterocycles. The fraction of sp³-hybridized carbons (Fsp3) is 0.231. The molecule has 1 aliphatic carbocycles. The number of nitrogens with zero attached hydrogens (tertiary/aromatic N) is 2. The number of halogens is 3. The number of aryl methyl sites for hydroxylation is 1. The zero-order chi connectivity index (χ0) is 28.4. The number of fused-ring (bicyclic) bond motifs is 2. The van der Waals surface area contributed by atoms with Gasteiger partial charge in [0.15, 0.2) is 0 Å². The number of hydrazine groups is 2. The second-order valence-corrected chi connectivity index (χ2v) is 9.24. The first-order valence-electron chi connectivity index (χ1n) is 12.2. The molecule has 0 spiro atoms. The Kier molecular flexibility index (Phi) is 7.49. The van der Waals surface area contributed by atoms with Gasteiger partial charge in [-0.2, -0.15) is 13.2 Å². The van der Waals surface area contributed by atoms with Crippen LogP contribution in [0.1, 0.15) is 67.6 Å². The summed E-state index contributed by atoms with van der Waals surface area (Å²) in [6, 6.07) is 12.2. The van der Waals surface area contributed by atoms with Gasteiger partial charge >= 0.3 is 6.18 Å². The largest absolute Gasteiger partial charge is 0.451 e. The number of amides is 2. The minimum Gasteiger partial charge on any atom is -0.451 e. The Morgan fingerprint density at radius 3 is 2.48 bits per heavy atom. The Balaban J connectivity index is 1.22. The topological polar surface area (TPSA) is 173 Å². The van der Waals surface area contributed by atoms with Gasteiger partial charge in [-0.25, -0.2) is 20.8 Å². The molecule has 2 aromatic heterocycles. The molecular formula is C26H25F3N8O3. The lowest BCUT2D eigenvalue weighted by molar-refractivity contribution is -0.152. The summed E-state index contributed by atoms with van der Waals surface area (Å²) in [6.45, 7) is 0.00339. The summed E-state index contributed by atoms with van der Waals surface area (Å²) in [5.74, 6) is 8.87. The molecule has 1 aliphatic rings. The molecule has 208 valence electrons. The van der Waals surface area contributed by atoms with E-state index in [-0.39, 0.29) is 29.6 Å². The van der Waals surface area contributed by atoms with Gasteiger partial charge in [0, 0.05) is 18.0 Å². The molecule has 40 heavy (non-hydrogen) atoms. The van der Waals surface area contributed by atoms with E-state index in [2.05, 4.69) is 31.5 Å². The minimum atomic E-state index is -4.59. The van der Waals surface area contributed by atoms with Crippen molar-refractivity contribution in [3.8, 4) is 0 Å². The van der Waals surface area contributed by atoms with E-state index >= 15 is 0 Å². The summed E-state index contributed by atoms with van der Waals surface area (Å²) < 4.78 is 43.6. The Bertz CT molecular complexity index is 1570. The average Bonchev–Trinajstić information content (AvgIpc) is 3.56. The van der Waals surface area contributed by atoms with Crippen LogP contribution in [-0.4, -0.2) is 21.8 Å². The summed E-state index contributed by atoms with van der Waals surface area (Å²) in [4.78, 5) is 33.6. The standard InChI is InChI=1S/C26H25F3N8O3/c27-26(28,29)22-9-15-2-1-13(7-21(15)40-22)11-32-24(38)19-10-20(34-12-33-19)25(39)35-18-6-4-14-8-16(3-5-17(14)18)23(36-30)37-31/h1-3,5,7-10,12,18,23,36-37H,4,6,11,30-31H2,(H,32,38)(H,35,39). The third-order valence-electron chi connectivity index (χ3n) is 6.67. The smallest absolute Gasteiger partial charge is 0.449 e. The maximum Gasteiger partial charge on any atom is 0.449 e. The number of furan rings is 1. The van der Waals surface area contributed by atoms with Crippen molar-refractivity contribution in [3.63, 3.8) is 0 Å². The lowest BCUT2D eigenvalue weighted by atomic mass is 10.0. The molecule has 2 aromatic carbocycles. The molecule has 5 rings (SSSR count). The number of hydrogen-bond donors (Lipinski definition) is 6. The number of rotatable bonds is 8. The van der Waals surface area contributed by atoms with Crippen LogP contribution in [0.5, 0.6) is 0 Å². The Labute approximate surface area is 225 Å². The highest BCUT2D eigenvalue weighted by Crippen LogP contribution is 2.34. The van der Waals surface area contributed by atoms with Gasteiger partial charge in [0.2, 0.25) is 5.76 Å². The molecule has 0 saturated carbocycles. The van der Waals surface area contributed by atoms with E-state index in [4.69, 9.17) is 16.1 Å². The number of hydrogen-bond acceptors (Lipinski definition) is 9. The number of carbonyl (C=O) groups is 2. The molecule has 2 amide bonds. The number of benzene rings is 2. The second-order valence-electron chi connectivity index (χ2n) is 9.24. The summed E-state index contributed by atoms with van der Waals surface area (Å²) in [7, 11) is 0. The van der Waals surface area contributed by atoms with Crippen LogP contribution in [0.15, 0.2) is 59.3 Å². The van der Waals surface area contributed by atoms with Gasteiger partial charge in [-0.1, -0.05) is 30.3 Å². The van der Waals surface area contributed by atoms with Crippen molar-refractivity contribution in [2.75, 3.05) is 0 Å². The maximum absolute atomic E-state index is 13.0. The molecule has 0 radical (unpaired) electrons. The van der Waals surface area contributed by atoms with E-state index in [1.165, 1.54) is 18.2 Å². The highest BCUT2D eigenvalue weighted by molar-refractivity contribution is 5.97. The molecule has 11 nitrogen and oxygen atoms in total. The fourth-order valence-corrected chi connectivity index (χ4v) is 4.64. The van der Waals surface area contributed by atoms with Gasteiger partial charge < -0.3 is 15.1 Å². The van der Waals surface area contributed by atoms with E-state index in [1.54, 1.807) is 6.07 Å². The SMILES string of the molecule is NNC(NN)c1ccc2c(c1)CCC2NC(=O)c1cc(C(=O)NCc2ccc3cc(C(F)(F)F)oc3c2)ncn1. The molecule has 4 aromatic rings.